The first-order chi connectivity index (χ1) is 13.1. The van der Waals surface area contributed by atoms with E-state index < -0.39 is 0 Å². The second-order valence-electron chi connectivity index (χ2n) is 7.04. The molecule has 0 bridgehead atoms. The molecular weight excluding hydrogens is 342 g/mol. The molecule has 7 nitrogen and oxygen atoms in total. The van der Waals surface area contributed by atoms with E-state index in [9.17, 15) is 9.90 Å². The summed E-state index contributed by atoms with van der Waals surface area (Å²) in [5.41, 5.74) is 3.30. The van der Waals surface area contributed by atoms with Crippen LogP contribution in [0.15, 0.2) is 42.6 Å². The van der Waals surface area contributed by atoms with Crippen molar-refractivity contribution in [2.45, 2.75) is 44.8 Å². The zero-order valence-corrected chi connectivity index (χ0v) is 15.2. The molecule has 1 amide bonds. The van der Waals surface area contributed by atoms with Crippen molar-refractivity contribution in [2.75, 3.05) is 10.6 Å². The Morgan fingerprint density at radius 1 is 1.19 bits per heavy atom. The van der Waals surface area contributed by atoms with Crippen LogP contribution in [-0.2, 0) is 4.79 Å². The van der Waals surface area contributed by atoms with Gasteiger partial charge in [0.15, 0.2) is 5.65 Å². The van der Waals surface area contributed by atoms with Gasteiger partial charge in [0.05, 0.1) is 18.0 Å². The van der Waals surface area contributed by atoms with Crippen molar-refractivity contribution in [3.63, 3.8) is 0 Å². The number of fused-ring (bicyclic) bond motifs is 1. The Morgan fingerprint density at radius 3 is 2.78 bits per heavy atom. The predicted molar refractivity (Wildman–Crippen MR) is 105 cm³/mol. The van der Waals surface area contributed by atoms with Gasteiger partial charge < -0.3 is 15.7 Å². The standard InChI is InChI=1S/C20H23N5O2/c1-13(26)22-16-4-2-3-14(11-16)18-12-21-20-10-9-19(24-25(18)20)23-15-5-7-17(27)8-6-15/h2-4,9-12,15,17,27H,5-8H2,1H3,(H,22,26)(H,23,24). The Balaban J connectivity index is 1.61. The van der Waals surface area contributed by atoms with E-state index in [0.717, 1.165) is 54.1 Å². The van der Waals surface area contributed by atoms with Crippen LogP contribution in [0, 0.1) is 0 Å². The highest BCUT2D eigenvalue weighted by molar-refractivity contribution is 5.89. The fourth-order valence-corrected chi connectivity index (χ4v) is 3.54. The highest BCUT2D eigenvalue weighted by Crippen LogP contribution is 2.25. The number of aromatic nitrogens is 3. The molecule has 3 N–H and O–H groups in total. The van der Waals surface area contributed by atoms with Crippen molar-refractivity contribution in [1.29, 1.82) is 0 Å². The Bertz CT molecular complexity index is 960. The fourth-order valence-electron chi connectivity index (χ4n) is 3.54. The number of anilines is 2. The van der Waals surface area contributed by atoms with Crippen molar-refractivity contribution in [2.24, 2.45) is 0 Å². The van der Waals surface area contributed by atoms with E-state index in [1.807, 2.05) is 40.9 Å². The number of rotatable bonds is 4. The van der Waals surface area contributed by atoms with E-state index in [1.165, 1.54) is 6.92 Å². The molecule has 140 valence electrons. The maximum absolute atomic E-state index is 11.3. The number of nitrogens with zero attached hydrogens (tertiary/aromatic N) is 3. The summed E-state index contributed by atoms with van der Waals surface area (Å²) in [5, 5.41) is 20.6. The zero-order chi connectivity index (χ0) is 18.8. The first-order valence-electron chi connectivity index (χ1n) is 9.26. The summed E-state index contributed by atoms with van der Waals surface area (Å²) in [5.74, 6) is 0.689. The number of benzene rings is 1. The molecule has 1 fully saturated rings. The molecule has 1 aliphatic carbocycles. The van der Waals surface area contributed by atoms with Gasteiger partial charge in [0.25, 0.3) is 0 Å². The average molecular weight is 365 g/mol. The number of imidazole rings is 1. The third-order valence-electron chi connectivity index (χ3n) is 4.89. The van der Waals surface area contributed by atoms with Gasteiger partial charge in [0.1, 0.15) is 5.82 Å². The van der Waals surface area contributed by atoms with Gasteiger partial charge in [-0.3, -0.25) is 4.79 Å². The molecule has 0 saturated heterocycles. The number of carbonyl (C=O) groups excluding carboxylic acids is 1. The quantitative estimate of drug-likeness (QED) is 0.661. The SMILES string of the molecule is CC(=O)Nc1cccc(-c2cnc3ccc(NC4CCC(O)CC4)nn23)c1. The van der Waals surface area contributed by atoms with E-state index in [1.54, 1.807) is 6.20 Å². The van der Waals surface area contributed by atoms with E-state index in [4.69, 9.17) is 5.10 Å². The minimum Gasteiger partial charge on any atom is -0.393 e. The first-order valence-corrected chi connectivity index (χ1v) is 9.26. The molecule has 27 heavy (non-hydrogen) atoms. The van der Waals surface area contributed by atoms with Gasteiger partial charge in [-0.1, -0.05) is 12.1 Å². The van der Waals surface area contributed by atoms with Crippen LogP contribution in [0.1, 0.15) is 32.6 Å². The van der Waals surface area contributed by atoms with Gasteiger partial charge in [-0.25, -0.2) is 9.50 Å². The summed E-state index contributed by atoms with van der Waals surface area (Å²) in [6.45, 7) is 1.49. The molecule has 1 aliphatic rings. The second kappa shape index (κ2) is 7.36. The lowest BCUT2D eigenvalue weighted by Gasteiger charge is -2.26. The molecule has 1 saturated carbocycles. The van der Waals surface area contributed by atoms with E-state index in [2.05, 4.69) is 15.6 Å². The topological polar surface area (TPSA) is 91.5 Å². The maximum Gasteiger partial charge on any atom is 0.221 e. The summed E-state index contributed by atoms with van der Waals surface area (Å²) < 4.78 is 1.81. The number of hydrogen-bond acceptors (Lipinski definition) is 5. The van der Waals surface area contributed by atoms with Gasteiger partial charge in [-0.2, -0.15) is 0 Å². The van der Waals surface area contributed by atoms with Gasteiger partial charge in [0.2, 0.25) is 5.91 Å². The highest BCUT2D eigenvalue weighted by atomic mass is 16.3. The third kappa shape index (κ3) is 3.93. The van der Waals surface area contributed by atoms with E-state index >= 15 is 0 Å². The molecule has 7 heteroatoms. The summed E-state index contributed by atoms with van der Waals surface area (Å²) >= 11 is 0. The molecule has 0 radical (unpaired) electrons. The van der Waals surface area contributed by atoms with Crippen molar-refractivity contribution >= 4 is 23.1 Å². The van der Waals surface area contributed by atoms with Crippen LogP contribution in [-0.4, -0.2) is 37.8 Å². The predicted octanol–water partition coefficient (Wildman–Crippen LogP) is 3.07. The largest absolute Gasteiger partial charge is 0.393 e. The van der Waals surface area contributed by atoms with Crippen molar-refractivity contribution in [3.8, 4) is 11.3 Å². The van der Waals surface area contributed by atoms with Crippen molar-refractivity contribution < 1.29 is 9.90 Å². The first kappa shape index (κ1) is 17.5. The average Bonchev–Trinajstić information content (AvgIpc) is 3.06. The molecule has 0 spiro atoms. The Kier molecular flexibility index (Phi) is 4.77. The van der Waals surface area contributed by atoms with Gasteiger partial charge in [0, 0.05) is 24.2 Å². The number of nitrogens with one attached hydrogen (secondary N) is 2. The summed E-state index contributed by atoms with van der Waals surface area (Å²) in [6.07, 6.45) is 5.15. The molecule has 0 aliphatic heterocycles. The van der Waals surface area contributed by atoms with Crippen LogP contribution in [0.5, 0.6) is 0 Å². The van der Waals surface area contributed by atoms with Crippen LogP contribution in [0.3, 0.4) is 0 Å². The summed E-state index contributed by atoms with van der Waals surface area (Å²) in [7, 11) is 0. The van der Waals surface area contributed by atoms with E-state index in [-0.39, 0.29) is 12.0 Å². The molecule has 0 unspecified atom stereocenters. The molecule has 4 rings (SSSR count). The Morgan fingerprint density at radius 2 is 2.00 bits per heavy atom. The Hall–Kier alpha value is -2.93. The van der Waals surface area contributed by atoms with Crippen LogP contribution < -0.4 is 10.6 Å². The van der Waals surface area contributed by atoms with Crippen molar-refractivity contribution in [1.82, 2.24) is 14.6 Å². The third-order valence-corrected chi connectivity index (χ3v) is 4.89. The second-order valence-corrected chi connectivity index (χ2v) is 7.04. The number of hydrogen-bond donors (Lipinski definition) is 3. The van der Waals surface area contributed by atoms with Crippen LogP contribution in [0.4, 0.5) is 11.5 Å². The molecular formula is C20H23N5O2. The lowest BCUT2D eigenvalue weighted by Crippen LogP contribution is -2.28. The van der Waals surface area contributed by atoms with Crippen LogP contribution in [0.2, 0.25) is 0 Å². The van der Waals surface area contributed by atoms with Gasteiger partial charge >= 0.3 is 0 Å². The zero-order valence-electron chi connectivity index (χ0n) is 15.2. The normalized spacial score (nSPS) is 19.8. The molecule has 1 aromatic carbocycles. The van der Waals surface area contributed by atoms with Crippen molar-refractivity contribution in [3.05, 3.63) is 42.6 Å². The maximum atomic E-state index is 11.3. The summed E-state index contributed by atoms with van der Waals surface area (Å²) in [6, 6.07) is 11.8. The van der Waals surface area contributed by atoms with Gasteiger partial charge in [-0.15, -0.1) is 5.10 Å². The highest BCUT2D eigenvalue weighted by Gasteiger charge is 2.19. The molecule has 3 aromatic rings. The number of aliphatic hydroxyl groups excluding tert-OH is 1. The Labute approximate surface area is 157 Å². The monoisotopic (exact) mass is 365 g/mol. The number of amides is 1. The minimum absolute atomic E-state index is 0.104. The summed E-state index contributed by atoms with van der Waals surface area (Å²) in [4.78, 5) is 15.7. The van der Waals surface area contributed by atoms with Crippen LogP contribution >= 0.6 is 0 Å². The van der Waals surface area contributed by atoms with Gasteiger partial charge in [-0.05, 0) is 49.9 Å². The number of aliphatic hydroxyl groups is 1. The smallest absolute Gasteiger partial charge is 0.221 e. The fraction of sp³-hybridized carbons (Fsp3) is 0.350. The molecule has 2 aromatic heterocycles. The lowest BCUT2D eigenvalue weighted by atomic mass is 9.93. The van der Waals surface area contributed by atoms with Crippen LogP contribution in [0.25, 0.3) is 16.9 Å². The number of carbonyl (C=O) groups is 1. The molecule has 0 atom stereocenters. The molecule has 2 heterocycles. The minimum atomic E-state index is -0.172. The lowest BCUT2D eigenvalue weighted by molar-refractivity contribution is -0.114. The van der Waals surface area contributed by atoms with E-state index in [0.29, 0.717) is 6.04 Å².